The van der Waals surface area contributed by atoms with Crippen LogP contribution < -0.4 is 5.56 Å². The third-order valence-corrected chi connectivity index (χ3v) is 3.14. The van der Waals surface area contributed by atoms with E-state index < -0.39 is 0 Å². The molecule has 1 heterocycles. The zero-order chi connectivity index (χ0) is 11.7. The van der Waals surface area contributed by atoms with Gasteiger partial charge in [-0.3, -0.25) is 9.89 Å². The summed E-state index contributed by atoms with van der Waals surface area (Å²) in [5, 5.41) is 3.13. The Labute approximate surface area is 102 Å². The summed E-state index contributed by atoms with van der Waals surface area (Å²) in [6.07, 6.45) is 0.835. The lowest BCUT2D eigenvalue weighted by Gasteiger charge is -2.01. The van der Waals surface area contributed by atoms with Crippen molar-refractivity contribution in [2.75, 3.05) is 0 Å². The quantitative estimate of drug-likeness (QED) is 0.903. The van der Waals surface area contributed by atoms with Crippen LogP contribution in [-0.2, 0) is 6.42 Å². The van der Waals surface area contributed by atoms with Gasteiger partial charge in [-0.25, -0.2) is 4.68 Å². The Morgan fingerprint density at radius 3 is 2.75 bits per heavy atom. The molecule has 0 aliphatic carbocycles. The molecule has 84 valence electrons. The fourth-order valence-corrected chi connectivity index (χ4v) is 2.09. The molecule has 0 saturated carbocycles. The molecule has 0 atom stereocenters. The maximum Gasteiger partial charge on any atom is 0.274 e. The first-order valence-electron chi connectivity index (χ1n) is 5.20. The summed E-state index contributed by atoms with van der Waals surface area (Å²) >= 11 is 3.40. The van der Waals surface area contributed by atoms with Gasteiger partial charge in [-0.1, -0.05) is 28.9 Å². The molecule has 0 fully saturated rings. The largest absolute Gasteiger partial charge is 0.295 e. The second-order valence-electron chi connectivity index (χ2n) is 3.69. The van der Waals surface area contributed by atoms with Gasteiger partial charge in [0.25, 0.3) is 5.56 Å². The Balaban J connectivity index is 2.61. The molecule has 1 N–H and O–H groups in total. The van der Waals surface area contributed by atoms with E-state index in [9.17, 15) is 4.79 Å². The number of hydrogen-bond donors (Lipinski definition) is 1. The maximum absolute atomic E-state index is 12.0. The Bertz CT molecular complexity index is 569. The van der Waals surface area contributed by atoms with Gasteiger partial charge in [-0.2, -0.15) is 0 Å². The summed E-state index contributed by atoms with van der Waals surface area (Å²) in [5.74, 6) is 0. The van der Waals surface area contributed by atoms with Crippen molar-refractivity contribution in [3.63, 3.8) is 0 Å². The summed E-state index contributed by atoms with van der Waals surface area (Å²) in [6, 6.07) is 7.66. The topological polar surface area (TPSA) is 37.8 Å². The first kappa shape index (κ1) is 11.2. The van der Waals surface area contributed by atoms with E-state index in [1.54, 1.807) is 4.68 Å². The van der Waals surface area contributed by atoms with Crippen molar-refractivity contribution < 1.29 is 0 Å². The van der Waals surface area contributed by atoms with Crippen molar-refractivity contribution in [3.05, 3.63) is 50.3 Å². The molecule has 0 aliphatic rings. The molecular weight excluding hydrogens is 268 g/mol. The molecule has 0 saturated heterocycles. The summed E-state index contributed by atoms with van der Waals surface area (Å²) in [7, 11) is 0. The van der Waals surface area contributed by atoms with Crippen LogP contribution in [0.3, 0.4) is 0 Å². The Morgan fingerprint density at radius 1 is 1.44 bits per heavy atom. The lowest BCUT2D eigenvalue weighted by molar-refractivity contribution is 0.819. The fraction of sp³-hybridized carbons (Fsp3) is 0.250. The van der Waals surface area contributed by atoms with Crippen LogP contribution >= 0.6 is 15.9 Å². The average Bonchev–Trinajstić information content (AvgIpc) is 2.56. The standard InChI is InChI=1S/C12H13BrN2O/c1-3-11-8(2)12(16)15(14-11)10-6-4-5-9(13)7-10/h4-7,14H,3H2,1-2H3. The Kier molecular flexibility index (Phi) is 3.01. The highest BCUT2D eigenvalue weighted by Crippen LogP contribution is 2.14. The molecule has 2 aromatic rings. The van der Waals surface area contributed by atoms with Crippen LogP contribution in [0, 0.1) is 6.92 Å². The zero-order valence-electron chi connectivity index (χ0n) is 9.25. The van der Waals surface area contributed by atoms with Gasteiger partial charge in [0.15, 0.2) is 0 Å². The van der Waals surface area contributed by atoms with Crippen molar-refractivity contribution in [2.45, 2.75) is 20.3 Å². The van der Waals surface area contributed by atoms with Crippen molar-refractivity contribution >= 4 is 15.9 Å². The number of hydrogen-bond acceptors (Lipinski definition) is 1. The number of aromatic nitrogens is 2. The number of benzene rings is 1. The minimum Gasteiger partial charge on any atom is -0.295 e. The Hall–Kier alpha value is -1.29. The van der Waals surface area contributed by atoms with Crippen LogP contribution in [-0.4, -0.2) is 9.78 Å². The van der Waals surface area contributed by atoms with Crippen molar-refractivity contribution in [1.29, 1.82) is 0 Å². The molecule has 0 radical (unpaired) electrons. The molecule has 0 spiro atoms. The van der Waals surface area contributed by atoms with Crippen LogP contribution in [0.4, 0.5) is 0 Å². The molecule has 0 amide bonds. The third-order valence-electron chi connectivity index (χ3n) is 2.64. The van der Waals surface area contributed by atoms with E-state index in [2.05, 4.69) is 21.0 Å². The van der Waals surface area contributed by atoms with E-state index in [1.165, 1.54) is 0 Å². The number of nitrogens with one attached hydrogen (secondary N) is 1. The summed E-state index contributed by atoms with van der Waals surface area (Å²) in [5.41, 5.74) is 2.66. The van der Waals surface area contributed by atoms with Crippen molar-refractivity contribution in [3.8, 4) is 5.69 Å². The van der Waals surface area contributed by atoms with E-state index in [1.807, 2.05) is 38.1 Å². The second-order valence-corrected chi connectivity index (χ2v) is 4.61. The molecule has 0 aliphatic heterocycles. The van der Waals surface area contributed by atoms with Crippen molar-refractivity contribution in [1.82, 2.24) is 9.78 Å². The van der Waals surface area contributed by atoms with Gasteiger partial charge in [0.05, 0.1) is 5.69 Å². The van der Waals surface area contributed by atoms with Gasteiger partial charge in [0, 0.05) is 15.7 Å². The summed E-state index contributed by atoms with van der Waals surface area (Å²) in [4.78, 5) is 12.0. The minimum absolute atomic E-state index is 0.0231. The highest BCUT2D eigenvalue weighted by molar-refractivity contribution is 9.10. The lowest BCUT2D eigenvalue weighted by Crippen LogP contribution is -2.15. The van der Waals surface area contributed by atoms with Gasteiger partial charge in [-0.15, -0.1) is 0 Å². The highest BCUT2D eigenvalue weighted by atomic mass is 79.9. The second kappa shape index (κ2) is 4.29. The van der Waals surface area contributed by atoms with Crippen LogP contribution in [0.5, 0.6) is 0 Å². The average molecular weight is 281 g/mol. The molecule has 0 unspecified atom stereocenters. The fourth-order valence-electron chi connectivity index (χ4n) is 1.71. The number of halogens is 1. The molecule has 1 aromatic carbocycles. The predicted octanol–water partition coefficient (Wildman–Crippen LogP) is 2.80. The van der Waals surface area contributed by atoms with E-state index in [0.717, 1.165) is 27.8 Å². The minimum atomic E-state index is 0.0231. The van der Waals surface area contributed by atoms with Gasteiger partial charge in [-0.05, 0) is 31.5 Å². The normalized spacial score (nSPS) is 10.7. The highest BCUT2D eigenvalue weighted by Gasteiger charge is 2.09. The van der Waals surface area contributed by atoms with E-state index in [-0.39, 0.29) is 5.56 Å². The van der Waals surface area contributed by atoms with Gasteiger partial charge < -0.3 is 0 Å². The predicted molar refractivity (Wildman–Crippen MR) is 68.2 cm³/mol. The molecular formula is C12H13BrN2O. The first-order chi connectivity index (χ1) is 7.63. The third kappa shape index (κ3) is 1.85. The number of aryl methyl sites for hydroxylation is 1. The van der Waals surface area contributed by atoms with Gasteiger partial charge in [0.1, 0.15) is 0 Å². The molecule has 1 aromatic heterocycles. The molecule has 0 bridgehead atoms. The molecule has 2 rings (SSSR count). The monoisotopic (exact) mass is 280 g/mol. The molecule has 4 heteroatoms. The smallest absolute Gasteiger partial charge is 0.274 e. The lowest BCUT2D eigenvalue weighted by atomic mass is 10.2. The van der Waals surface area contributed by atoms with Gasteiger partial charge >= 0.3 is 0 Å². The SMILES string of the molecule is CCc1[nH]n(-c2cccc(Br)c2)c(=O)c1C. The van der Waals surface area contributed by atoms with Crippen molar-refractivity contribution in [2.24, 2.45) is 0 Å². The Morgan fingerprint density at radius 2 is 2.19 bits per heavy atom. The van der Waals surface area contributed by atoms with E-state index in [4.69, 9.17) is 0 Å². The van der Waals surface area contributed by atoms with Crippen LogP contribution in [0.15, 0.2) is 33.5 Å². The maximum atomic E-state index is 12.0. The van der Waals surface area contributed by atoms with E-state index in [0.29, 0.717) is 0 Å². The molecule has 16 heavy (non-hydrogen) atoms. The number of H-pyrrole nitrogens is 1. The van der Waals surface area contributed by atoms with Gasteiger partial charge in [0.2, 0.25) is 0 Å². The van der Waals surface area contributed by atoms with Crippen LogP contribution in [0.25, 0.3) is 5.69 Å². The number of rotatable bonds is 2. The summed E-state index contributed by atoms with van der Waals surface area (Å²) in [6.45, 7) is 3.88. The first-order valence-corrected chi connectivity index (χ1v) is 5.99. The number of aromatic amines is 1. The summed E-state index contributed by atoms with van der Waals surface area (Å²) < 4.78 is 2.54. The van der Waals surface area contributed by atoms with Crippen LogP contribution in [0.1, 0.15) is 18.2 Å². The van der Waals surface area contributed by atoms with Crippen LogP contribution in [0.2, 0.25) is 0 Å². The molecule has 3 nitrogen and oxygen atoms in total. The van der Waals surface area contributed by atoms with E-state index >= 15 is 0 Å². The zero-order valence-corrected chi connectivity index (χ0v) is 10.8. The number of nitrogens with zero attached hydrogens (tertiary/aromatic N) is 1.